The Morgan fingerprint density at radius 2 is 1.63 bits per heavy atom. The molecule has 100 valence electrons. The third-order valence-corrected chi connectivity index (χ3v) is 3.11. The average Bonchev–Trinajstić information content (AvgIpc) is 2.25. The average molecular weight is 321 g/mol. The zero-order valence-corrected chi connectivity index (χ0v) is 11.9. The second kappa shape index (κ2) is 5.87. The lowest BCUT2D eigenvalue weighted by atomic mass is 10.2. The summed E-state index contributed by atoms with van der Waals surface area (Å²) in [4.78, 5) is 0. The third-order valence-electron chi connectivity index (χ3n) is 2.33. The van der Waals surface area contributed by atoms with E-state index in [-0.39, 0.29) is 6.61 Å². The first kappa shape index (κ1) is 14.3. The van der Waals surface area contributed by atoms with Crippen LogP contribution in [0.25, 0.3) is 0 Å². The highest BCUT2D eigenvalue weighted by atomic mass is 35.5. The van der Waals surface area contributed by atoms with Crippen molar-refractivity contribution in [1.29, 1.82) is 0 Å². The van der Waals surface area contributed by atoms with E-state index >= 15 is 0 Å². The van der Waals surface area contributed by atoms with Crippen LogP contribution in [-0.4, -0.2) is 0 Å². The molecule has 0 saturated carbocycles. The van der Waals surface area contributed by atoms with Crippen LogP contribution in [0.2, 0.25) is 15.1 Å². The molecule has 2 N–H and O–H groups in total. The lowest BCUT2D eigenvalue weighted by Crippen LogP contribution is -1.99. The zero-order valence-electron chi connectivity index (χ0n) is 9.59. The molecule has 0 saturated heterocycles. The Labute approximate surface area is 124 Å². The quantitative estimate of drug-likeness (QED) is 0.812. The molecule has 0 aliphatic rings. The molecule has 0 amide bonds. The van der Waals surface area contributed by atoms with Crippen LogP contribution in [-0.2, 0) is 6.61 Å². The van der Waals surface area contributed by atoms with Crippen LogP contribution in [0.3, 0.4) is 0 Å². The normalized spacial score (nSPS) is 10.5. The number of nitrogen functional groups attached to an aromatic ring is 1. The van der Waals surface area contributed by atoms with Crippen LogP contribution in [0.5, 0.6) is 5.75 Å². The highest BCUT2D eigenvalue weighted by Gasteiger charge is 2.10. The van der Waals surface area contributed by atoms with Gasteiger partial charge in [-0.3, -0.25) is 0 Å². The van der Waals surface area contributed by atoms with Crippen LogP contribution in [0.4, 0.5) is 10.1 Å². The Balaban J connectivity index is 2.19. The summed E-state index contributed by atoms with van der Waals surface area (Å²) >= 11 is 17.7. The van der Waals surface area contributed by atoms with Crippen LogP contribution in [0.1, 0.15) is 5.56 Å². The van der Waals surface area contributed by atoms with Crippen molar-refractivity contribution in [3.63, 3.8) is 0 Å². The highest BCUT2D eigenvalue weighted by molar-refractivity contribution is 6.40. The van der Waals surface area contributed by atoms with Crippen LogP contribution >= 0.6 is 34.8 Å². The highest BCUT2D eigenvalue weighted by Crippen LogP contribution is 2.36. The minimum Gasteiger partial charge on any atom is -0.486 e. The van der Waals surface area contributed by atoms with Gasteiger partial charge in [0.05, 0.1) is 10.0 Å². The largest absolute Gasteiger partial charge is 0.486 e. The van der Waals surface area contributed by atoms with E-state index in [1.165, 1.54) is 24.3 Å². The van der Waals surface area contributed by atoms with E-state index in [1.807, 2.05) is 0 Å². The molecule has 0 aliphatic carbocycles. The Morgan fingerprint density at radius 1 is 1.00 bits per heavy atom. The summed E-state index contributed by atoms with van der Waals surface area (Å²) in [5, 5.41) is 1.00. The molecule has 2 aromatic rings. The van der Waals surface area contributed by atoms with Crippen molar-refractivity contribution in [1.82, 2.24) is 0 Å². The van der Waals surface area contributed by atoms with E-state index in [2.05, 4.69) is 0 Å². The van der Waals surface area contributed by atoms with Gasteiger partial charge >= 0.3 is 0 Å². The van der Waals surface area contributed by atoms with E-state index in [4.69, 9.17) is 45.3 Å². The van der Waals surface area contributed by atoms with E-state index in [1.54, 1.807) is 6.07 Å². The van der Waals surface area contributed by atoms with Crippen LogP contribution < -0.4 is 10.5 Å². The molecule has 0 aliphatic heterocycles. The van der Waals surface area contributed by atoms with E-state index in [0.29, 0.717) is 32.1 Å². The number of rotatable bonds is 3. The smallest absolute Gasteiger partial charge is 0.157 e. The lowest BCUT2D eigenvalue weighted by Gasteiger charge is -2.11. The fraction of sp³-hybridized carbons (Fsp3) is 0.0769. The maximum absolute atomic E-state index is 13.2. The number of hydrogen-bond donors (Lipinski definition) is 1. The predicted molar refractivity (Wildman–Crippen MR) is 76.6 cm³/mol. The van der Waals surface area contributed by atoms with Gasteiger partial charge in [0.15, 0.2) is 5.75 Å². The first-order valence-electron chi connectivity index (χ1n) is 5.28. The number of halogens is 4. The predicted octanol–water partition coefficient (Wildman–Crippen LogP) is 4.95. The van der Waals surface area contributed by atoms with Crippen LogP contribution in [0, 0.1) is 5.82 Å². The van der Waals surface area contributed by atoms with Gasteiger partial charge in [-0.2, -0.15) is 0 Å². The fourth-order valence-electron chi connectivity index (χ4n) is 1.58. The summed E-state index contributed by atoms with van der Waals surface area (Å²) in [6.07, 6.45) is 0. The van der Waals surface area contributed by atoms with Gasteiger partial charge in [0.1, 0.15) is 12.4 Å². The second-order valence-electron chi connectivity index (χ2n) is 3.88. The molecule has 0 spiro atoms. The van der Waals surface area contributed by atoms with Crippen molar-refractivity contribution in [2.24, 2.45) is 0 Å². The number of benzene rings is 2. The van der Waals surface area contributed by atoms with Gasteiger partial charge in [0.25, 0.3) is 0 Å². The maximum atomic E-state index is 13.2. The van der Waals surface area contributed by atoms with Gasteiger partial charge in [-0.05, 0) is 35.9 Å². The Kier molecular flexibility index (Phi) is 4.40. The van der Waals surface area contributed by atoms with Crippen molar-refractivity contribution >= 4 is 40.5 Å². The van der Waals surface area contributed by atoms with Gasteiger partial charge in [-0.25, -0.2) is 4.39 Å². The van der Waals surface area contributed by atoms with Gasteiger partial charge in [0.2, 0.25) is 0 Å². The Bertz CT molecular complexity index is 576. The molecule has 0 aromatic heterocycles. The minimum absolute atomic E-state index is 0.100. The van der Waals surface area contributed by atoms with Crippen molar-refractivity contribution in [2.45, 2.75) is 6.61 Å². The second-order valence-corrected chi connectivity index (χ2v) is 5.13. The van der Waals surface area contributed by atoms with E-state index < -0.39 is 5.82 Å². The molecule has 0 heterocycles. The van der Waals surface area contributed by atoms with E-state index in [0.717, 1.165) is 0 Å². The Morgan fingerprint density at radius 3 is 2.21 bits per heavy atom. The zero-order chi connectivity index (χ0) is 14.0. The van der Waals surface area contributed by atoms with Crippen molar-refractivity contribution in [3.05, 3.63) is 56.8 Å². The SMILES string of the molecule is Nc1cc(F)cc(COc2c(Cl)cc(Cl)cc2Cl)c1. The van der Waals surface area contributed by atoms with Crippen molar-refractivity contribution < 1.29 is 9.13 Å². The van der Waals surface area contributed by atoms with E-state index in [9.17, 15) is 4.39 Å². The summed E-state index contributed by atoms with van der Waals surface area (Å²) in [5.74, 6) is -0.123. The summed E-state index contributed by atoms with van der Waals surface area (Å²) in [7, 11) is 0. The van der Waals surface area contributed by atoms with Gasteiger partial charge in [-0.1, -0.05) is 34.8 Å². The topological polar surface area (TPSA) is 35.2 Å². The number of nitrogens with two attached hydrogens (primary N) is 1. The molecule has 0 unspecified atom stereocenters. The minimum atomic E-state index is -0.424. The summed E-state index contributed by atoms with van der Waals surface area (Å²) in [6.45, 7) is 0.100. The number of anilines is 1. The van der Waals surface area contributed by atoms with Gasteiger partial charge in [-0.15, -0.1) is 0 Å². The summed E-state index contributed by atoms with van der Waals surface area (Å²) < 4.78 is 18.6. The molecule has 6 heteroatoms. The fourth-order valence-corrected chi connectivity index (χ4v) is 2.51. The maximum Gasteiger partial charge on any atom is 0.157 e. The molecular formula is C13H9Cl3FNO. The number of ether oxygens (including phenoxy) is 1. The third kappa shape index (κ3) is 3.66. The molecule has 0 atom stereocenters. The first-order valence-corrected chi connectivity index (χ1v) is 6.41. The van der Waals surface area contributed by atoms with Gasteiger partial charge < -0.3 is 10.5 Å². The molecule has 2 nitrogen and oxygen atoms in total. The molecule has 19 heavy (non-hydrogen) atoms. The van der Waals surface area contributed by atoms with Crippen molar-refractivity contribution in [3.8, 4) is 5.75 Å². The molecule has 0 bridgehead atoms. The monoisotopic (exact) mass is 319 g/mol. The summed E-state index contributed by atoms with van der Waals surface area (Å²) in [6, 6.07) is 7.20. The molecule has 0 radical (unpaired) electrons. The van der Waals surface area contributed by atoms with Crippen LogP contribution in [0.15, 0.2) is 30.3 Å². The van der Waals surface area contributed by atoms with Crippen molar-refractivity contribution in [2.75, 3.05) is 5.73 Å². The van der Waals surface area contributed by atoms with Gasteiger partial charge in [0, 0.05) is 10.7 Å². The molecule has 0 fully saturated rings. The lowest BCUT2D eigenvalue weighted by molar-refractivity contribution is 0.306. The number of hydrogen-bond acceptors (Lipinski definition) is 2. The molecular weight excluding hydrogens is 312 g/mol. The molecule has 2 rings (SSSR count). The standard InChI is InChI=1S/C13H9Cl3FNO/c14-8-3-11(15)13(12(16)4-8)19-6-7-1-9(17)5-10(18)2-7/h1-5H,6,18H2. The Hall–Kier alpha value is -1.16. The first-order chi connectivity index (χ1) is 8.95. The molecule has 2 aromatic carbocycles. The summed E-state index contributed by atoms with van der Waals surface area (Å²) in [5.41, 5.74) is 6.45.